The smallest absolute Gasteiger partial charge is 0.0234 e. The largest absolute Gasteiger partial charge is 0.326 e. The van der Waals surface area contributed by atoms with Gasteiger partial charge in [-0.15, -0.1) is 0 Å². The molecule has 0 aliphatic carbocycles. The molecule has 2 nitrogen and oxygen atoms in total. The third-order valence-corrected chi connectivity index (χ3v) is 3.53. The zero-order valence-corrected chi connectivity index (χ0v) is 11.2. The molecule has 1 aliphatic rings. The maximum absolute atomic E-state index is 5.92. The zero-order valence-electron chi connectivity index (χ0n) is 11.2. The molecule has 0 spiro atoms. The van der Waals surface area contributed by atoms with E-state index in [9.17, 15) is 0 Å². The van der Waals surface area contributed by atoms with Gasteiger partial charge in [0.15, 0.2) is 0 Å². The first-order valence-corrected chi connectivity index (χ1v) is 6.52. The Bertz CT molecular complexity index is 362. The molecule has 0 aromatic heterocycles. The van der Waals surface area contributed by atoms with Crippen molar-refractivity contribution in [1.29, 1.82) is 0 Å². The summed E-state index contributed by atoms with van der Waals surface area (Å²) in [6, 6.07) is 9.40. The topological polar surface area (TPSA) is 29.3 Å². The highest BCUT2D eigenvalue weighted by Gasteiger charge is 2.19. The van der Waals surface area contributed by atoms with Crippen molar-refractivity contribution in [1.82, 2.24) is 4.90 Å². The molecule has 17 heavy (non-hydrogen) atoms. The van der Waals surface area contributed by atoms with E-state index in [1.165, 1.54) is 11.1 Å². The average Bonchev–Trinajstić information content (AvgIpc) is 2.63. The van der Waals surface area contributed by atoms with Crippen LogP contribution in [0.4, 0.5) is 0 Å². The highest BCUT2D eigenvalue weighted by molar-refractivity contribution is 5.27. The lowest BCUT2D eigenvalue weighted by Gasteiger charge is -2.20. The predicted octanol–water partition coefficient (Wildman–Crippen LogP) is 2.52. The normalized spacial score (nSPS) is 22.0. The number of hydrogen-bond acceptors (Lipinski definition) is 2. The van der Waals surface area contributed by atoms with Crippen LogP contribution in [0.3, 0.4) is 0 Å². The molecule has 94 valence electrons. The second-order valence-electron chi connectivity index (χ2n) is 6.23. The summed E-state index contributed by atoms with van der Waals surface area (Å²) >= 11 is 0. The van der Waals surface area contributed by atoms with Crippen molar-refractivity contribution in [2.45, 2.75) is 45.2 Å². The molecular weight excluding hydrogens is 208 g/mol. The fourth-order valence-electron chi connectivity index (χ4n) is 2.37. The van der Waals surface area contributed by atoms with Crippen LogP contribution in [0.2, 0.25) is 0 Å². The second-order valence-corrected chi connectivity index (χ2v) is 6.23. The van der Waals surface area contributed by atoms with Gasteiger partial charge in [0.1, 0.15) is 0 Å². The molecule has 0 saturated carbocycles. The summed E-state index contributed by atoms with van der Waals surface area (Å²) in [6.45, 7) is 9.98. The Hall–Kier alpha value is -0.860. The van der Waals surface area contributed by atoms with Gasteiger partial charge in [0.2, 0.25) is 0 Å². The van der Waals surface area contributed by atoms with Crippen LogP contribution in [0.15, 0.2) is 24.3 Å². The van der Waals surface area contributed by atoms with Gasteiger partial charge in [-0.05, 0) is 23.0 Å². The Morgan fingerprint density at radius 2 is 1.88 bits per heavy atom. The molecule has 0 radical (unpaired) electrons. The number of nitrogens with two attached hydrogens (primary N) is 1. The van der Waals surface area contributed by atoms with Crippen molar-refractivity contribution in [3.05, 3.63) is 35.4 Å². The van der Waals surface area contributed by atoms with Crippen molar-refractivity contribution in [2.75, 3.05) is 13.1 Å². The predicted molar refractivity (Wildman–Crippen MR) is 73.0 cm³/mol. The summed E-state index contributed by atoms with van der Waals surface area (Å²) in [5.74, 6) is 0. The van der Waals surface area contributed by atoms with E-state index in [4.69, 9.17) is 5.73 Å². The van der Waals surface area contributed by atoms with Crippen LogP contribution in [0.5, 0.6) is 0 Å². The van der Waals surface area contributed by atoms with Gasteiger partial charge in [-0.25, -0.2) is 0 Å². The fourth-order valence-corrected chi connectivity index (χ4v) is 2.37. The summed E-state index contributed by atoms with van der Waals surface area (Å²) in [4.78, 5) is 2.44. The zero-order chi connectivity index (χ0) is 12.5. The van der Waals surface area contributed by atoms with E-state index in [0.717, 1.165) is 26.1 Å². The van der Waals surface area contributed by atoms with Gasteiger partial charge < -0.3 is 5.73 Å². The number of nitrogens with zero attached hydrogens (tertiary/aromatic N) is 1. The van der Waals surface area contributed by atoms with Crippen LogP contribution >= 0.6 is 0 Å². The van der Waals surface area contributed by atoms with Gasteiger partial charge in [0, 0.05) is 25.7 Å². The first-order chi connectivity index (χ1) is 7.95. The quantitative estimate of drug-likeness (QED) is 0.849. The number of benzene rings is 1. The van der Waals surface area contributed by atoms with Crippen LogP contribution in [-0.2, 0) is 12.0 Å². The molecule has 2 heteroatoms. The van der Waals surface area contributed by atoms with Gasteiger partial charge in [0.05, 0.1) is 0 Å². The minimum atomic E-state index is 0.245. The Balaban J connectivity index is 1.99. The van der Waals surface area contributed by atoms with Crippen LogP contribution in [0, 0.1) is 0 Å². The molecule has 2 rings (SSSR count). The van der Waals surface area contributed by atoms with E-state index in [1.807, 2.05) is 0 Å². The Morgan fingerprint density at radius 3 is 2.35 bits per heavy atom. The molecular formula is C15H24N2. The van der Waals surface area contributed by atoms with Gasteiger partial charge in [-0.3, -0.25) is 4.90 Å². The first kappa shape index (κ1) is 12.6. The summed E-state index contributed by atoms with van der Waals surface area (Å²) in [5.41, 5.74) is 8.96. The fraction of sp³-hybridized carbons (Fsp3) is 0.600. The molecule has 1 aromatic rings. The van der Waals surface area contributed by atoms with Gasteiger partial charge in [-0.2, -0.15) is 0 Å². The van der Waals surface area contributed by atoms with Crippen molar-refractivity contribution >= 4 is 0 Å². The minimum Gasteiger partial charge on any atom is -0.326 e. The van der Waals surface area contributed by atoms with Crippen LogP contribution in [0.1, 0.15) is 38.3 Å². The SMILES string of the molecule is CC(C)(C)c1ccc(CN2CCC(N)C2)cc1. The lowest BCUT2D eigenvalue weighted by Crippen LogP contribution is -2.26. The summed E-state index contributed by atoms with van der Waals surface area (Å²) in [6.07, 6.45) is 1.14. The molecule has 1 aliphatic heterocycles. The van der Waals surface area contributed by atoms with E-state index in [1.54, 1.807) is 0 Å². The molecule has 1 fully saturated rings. The minimum absolute atomic E-state index is 0.245. The Morgan fingerprint density at radius 1 is 1.24 bits per heavy atom. The van der Waals surface area contributed by atoms with Crippen molar-refractivity contribution in [3.63, 3.8) is 0 Å². The monoisotopic (exact) mass is 232 g/mol. The van der Waals surface area contributed by atoms with Crippen molar-refractivity contribution in [3.8, 4) is 0 Å². The standard InChI is InChI=1S/C15H24N2/c1-15(2,3)13-6-4-12(5-7-13)10-17-9-8-14(16)11-17/h4-7,14H,8-11,16H2,1-3H3. The van der Waals surface area contributed by atoms with Crippen LogP contribution in [-0.4, -0.2) is 24.0 Å². The lowest BCUT2D eigenvalue weighted by atomic mass is 9.87. The van der Waals surface area contributed by atoms with Gasteiger partial charge in [-0.1, -0.05) is 45.0 Å². The lowest BCUT2D eigenvalue weighted by molar-refractivity contribution is 0.327. The molecule has 0 bridgehead atoms. The molecule has 2 N–H and O–H groups in total. The van der Waals surface area contributed by atoms with E-state index >= 15 is 0 Å². The van der Waals surface area contributed by atoms with Crippen molar-refractivity contribution < 1.29 is 0 Å². The summed E-state index contributed by atoms with van der Waals surface area (Å²) < 4.78 is 0. The van der Waals surface area contributed by atoms with Gasteiger partial charge in [0.25, 0.3) is 0 Å². The number of rotatable bonds is 2. The van der Waals surface area contributed by atoms with E-state index < -0.39 is 0 Å². The Kier molecular flexibility index (Phi) is 3.55. The van der Waals surface area contributed by atoms with E-state index in [2.05, 4.69) is 49.9 Å². The van der Waals surface area contributed by atoms with E-state index in [-0.39, 0.29) is 5.41 Å². The molecule has 1 aromatic carbocycles. The average molecular weight is 232 g/mol. The third kappa shape index (κ3) is 3.30. The van der Waals surface area contributed by atoms with Crippen LogP contribution < -0.4 is 5.73 Å². The second kappa shape index (κ2) is 4.79. The molecule has 1 saturated heterocycles. The number of hydrogen-bond donors (Lipinski definition) is 1. The highest BCUT2D eigenvalue weighted by Crippen LogP contribution is 2.22. The highest BCUT2D eigenvalue weighted by atomic mass is 15.2. The van der Waals surface area contributed by atoms with Crippen LogP contribution in [0.25, 0.3) is 0 Å². The number of likely N-dealkylation sites (tertiary alicyclic amines) is 1. The van der Waals surface area contributed by atoms with E-state index in [0.29, 0.717) is 6.04 Å². The van der Waals surface area contributed by atoms with Crippen molar-refractivity contribution in [2.24, 2.45) is 5.73 Å². The molecule has 1 atom stereocenters. The summed E-state index contributed by atoms with van der Waals surface area (Å²) in [7, 11) is 0. The first-order valence-electron chi connectivity index (χ1n) is 6.52. The maximum atomic E-state index is 5.92. The Labute approximate surface area is 105 Å². The maximum Gasteiger partial charge on any atom is 0.0234 e. The third-order valence-electron chi connectivity index (χ3n) is 3.53. The molecule has 1 heterocycles. The molecule has 0 amide bonds. The van der Waals surface area contributed by atoms with Gasteiger partial charge >= 0.3 is 0 Å². The molecule has 1 unspecified atom stereocenters. The summed E-state index contributed by atoms with van der Waals surface area (Å²) in [5, 5.41) is 0.